The molecular formula is C20H18FN3O. The summed E-state index contributed by atoms with van der Waals surface area (Å²) in [6, 6.07) is 13.6. The second kappa shape index (κ2) is 7.13. The van der Waals surface area contributed by atoms with Gasteiger partial charge in [0, 0.05) is 28.6 Å². The number of benzene rings is 2. The van der Waals surface area contributed by atoms with Crippen molar-refractivity contribution in [3.8, 4) is 28.1 Å². The number of pyridine rings is 1. The van der Waals surface area contributed by atoms with Gasteiger partial charge >= 0.3 is 0 Å². The minimum atomic E-state index is -0.323. The van der Waals surface area contributed by atoms with E-state index in [0.29, 0.717) is 34.9 Å². The molecule has 0 atom stereocenters. The van der Waals surface area contributed by atoms with Crippen LogP contribution in [0.5, 0.6) is 5.75 Å². The number of ether oxygens (including phenoxy) is 1. The fourth-order valence-corrected chi connectivity index (χ4v) is 2.64. The molecule has 0 fully saturated rings. The van der Waals surface area contributed by atoms with Crippen molar-refractivity contribution >= 4 is 11.9 Å². The summed E-state index contributed by atoms with van der Waals surface area (Å²) in [5, 5.41) is 7.50. The van der Waals surface area contributed by atoms with E-state index < -0.39 is 0 Å². The first-order valence-corrected chi connectivity index (χ1v) is 7.91. The SMILES string of the molecule is CCOc1cnc(-c2cccc(F)c2)c(-c2ccc(N)c(C=N)c2)c1. The molecule has 0 aliphatic carbocycles. The van der Waals surface area contributed by atoms with Crippen molar-refractivity contribution < 1.29 is 9.13 Å². The van der Waals surface area contributed by atoms with E-state index >= 15 is 0 Å². The van der Waals surface area contributed by atoms with Gasteiger partial charge in [-0.05, 0) is 42.8 Å². The Bertz CT molecular complexity index is 925. The second-order valence-corrected chi connectivity index (χ2v) is 5.50. The predicted molar refractivity (Wildman–Crippen MR) is 98.5 cm³/mol. The van der Waals surface area contributed by atoms with Crippen molar-refractivity contribution in [1.82, 2.24) is 4.98 Å². The summed E-state index contributed by atoms with van der Waals surface area (Å²) in [5.41, 5.74) is 9.97. The van der Waals surface area contributed by atoms with Gasteiger partial charge in [-0.15, -0.1) is 0 Å². The zero-order valence-corrected chi connectivity index (χ0v) is 13.8. The van der Waals surface area contributed by atoms with E-state index in [2.05, 4.69) is 4.98 Å². The van der Waals surface area contributed by atoms with Crippen LogP contribution in [0.1, 0.15) is 12.5 Å². The first kappa shape index (κ1) is 16.6. The molecule has 1 aromatic heterocycles. The number of hydrogen-bond donors (Lipinski definition) is 2. The third kappa shape index (κ3) is 3.50. The summed E-state index contributed by atoms with van der Waals surface area (Å²) >= 11 is 0. The van der Waals surface area contributed by atoms with Crippen LogP contribution in [0, 0.1) is 11.2 Å². The fraction of sp³-hybridized carbons (Fsp3) is 0.100. The monoisotopic (exact) mass is 335 g/mol. The maximum Gasteiger partial charge on any atom is 0.138 e. The first-order chi connectivity index (χ1) is 12.1. The van der Waals surface area contributed by atoms with Crippen molar-refractivity contribution in [2.45, 2.75) is 6.92 Å². The number of anilines is 1. The van der Waals surface area contributed by atoms with Gasteiger partial charge in [0.15, 0.2) is 0 Å². The van der Waals surface area contributed by atoms with Gasteiger partial charge in [0.2, 0.25) is 0 Å². The molecule has 0 aliphatic rings. The summed E-state index contributed by atoms with van der Waals surface area (Å²) in [4.78, 5) is 4.48. The molecule has 3 N–H and O–H groups in total. The van der Waals surface area contributed by atoms with Crippen LogP contribution in [0.2, 0.25) is 0 Å². The molecule has 0 amide bonds. The molecule has 2 aromatic carbocycles. The van der Waals surface area contributed by atoms with Gasteiger partial charge in [0.05, 0.1) is 18.5 Å². The average Bonchev–Trinajstić information content (AvgIpc) is 2.62. The smallest absolute Gasteiger partial charge is 0.138 e. The Kier molecular flexibility index (Phi) is 4.75. The van der Waals surface area contributed by atoms with Crippen LogP contribution in [0.4, 0.5) is 10.1 Å². The van der Waals surface area contributed by atoms with E-state index in [0.717, 1.165) is 11.1 Å². The summed E-state index contributed by atoms with van der Waals surface area (Å²) in [5.74, 6) is 0.308. The number of nitrogens with zero attached hydrogens (tertiary/aromatic N) is 1. The first-order valence-electron chi connectivity index (χ1n) is 7.91. The lowest BCUT2D eigenvalue weighted by atomic mass is 9.97. The molecule has 1 heterocycles. The van der Waals surface area contributed by atoms with Gasteiger partial charge in [-0.3, -0.25) is 4.98 Å². The van der Waals surface area contributed by atoms with Gasteiger partial charge in [0.1, 0.15) is 11.6 Å². The van der Waals surface area contributed by atoms with E-state index in [1.807, 2.05) is 31.2 Å². The number of rotatable bonds is 5. The molecule has 0 aliphatic heterocycles. The Labute approximate surface area is 145 Å². The Hall–Kier alpha value is -3.21. The summed E-state index contributed by atoms with van der Waals surface area (Å²) in [6.45, 7) is 2.42. The molecule has 0 saturated heterocycles. The minimum absolute atomic E-state index is 0.323. The maximum absolute atomic E-state index is 13.7. The molecule has 0 spiro atoms. The van der Waals surface area contributed by atoms with Crippen LogP contribution < -0.4 is 10.5 Å². The van der Waals surface area contributed by atoms with Gasteiger partial charge < -0.3 is 15.9 Å². The van der Waals surface area contributed by atoms with Crippen molar-refractivity contribution in [2.75, 3.05) is 12.3 Å². The number of nitrogen functional groups attached to an aromatic ring is 1. The minimum Gasteiger partial charge on any atom is -0.492 e. The molecule has 3 aromatic rings. The molecule has 25 heavy (non-hydrogen) atoms. The summed E-state index contributed by atoms with van der Waals surface area (Å²) in [6.07, 6.45) is 2.84. The highest BCUT2D eigenvalue weighted by molar-refractivity contribution is 5.90. The molecule has 0 bridgehead atoms. The van der Waals surface area contributed by atoms with E-state index in [1.165, 1.54) is 18.3 Å². The quantitative estimate of drug-likeness (QED) is 0.531. The Morgan fingerprint density at radius 3 is 2.72 bits per heavy atom. The highest BCUT2D eigenvalue weighted by atomic mass is 19.1. The van der Waals surface area contributed by atoms with Crippen LogP contribution in [0.25, 0.3) is 22.4 Å². The highest BCUT2D eigenvalue weighted by Gasteiger charge is 2.13. The lowest BCUT2D eigenvalue weighted by molar-refractivity contribution is 0.339. The van der Waals surface area contributed by atoms with Crippen LogP contribution in [0.3, 0.4) is 0 Å². The summed E-state index contributed by atoms with van der Waals surface area (Å²) in [7, 11) is 0. The largest absolute Gasteiger partial charge is 0.492 e. The molecule has 3 rings (SSSR count). The molecule has 0 saturated carbocycles. The van der Waals surface area contributed by atoms with E-state index in [1.54, 1.807) is 18.3 Å². The molecular weight excluding hydrogens is 317 g/mol. The lowest BCUT2D eigenvalue weighted by Crippen LogP contribution is -1.97. The number of halogens is 1. The summed E-state index contributed by atoms with van der Waals surface area (Å²) < 4.78 is 19.2. The van der Waals surface area contributed by atoms with Crippen molar-refractivity contribution in [3.63, 3.8) is 0 Å². The standard InChI is InChI=1S/C20H18FN3O/c1-2-25-17-10-18(13-6-7-19(23)15(8-13)11-22)20(24-12-17)14-4-3-5-16(21)9-14/h3-12,22H,2,23H2,1H3. The van der Waals surface area contributed by atoms with Crippen LogP contribution in [-0.4, -0.2) is 17.8 Å². The van der Waals surface area contributed by atoms with Crippen molar-refractivity contribution in [3.05, 3.63) is 66.1 Å². The molecule has 4 nitrogen and oxygen atoms in total. The normalized spacial score (nSPS) is 10.5. The number of aromatic nitrogens is 1. The lowest BCUT2D eigenvalue weighted by Gasteiger charge is -2.13. The van der Waals surface area contributed by atoms with Crippen LogP contribution >= 0.6 is 0 Å². The van der Waals surface area contributed by atoms with Gasteiger partial charge in [0.25, 0.3) is 0 Å². The third-order valence-electron chi connectivity index (χ3n) is 3.82. The maximum atomic E-state index is 13.7. The average molecular weight is 335 g/mol. The van der Waals surface area contributed by atoms with Gasteiger partial charge in [-0.25, -0.2) is 4.39 Å². The fourth-order valence-electron chi connectivity index (χ4n) is 2.64. The third-order valence-corrected chi connectivity index (χ3v) is 3.82. The van der Waals surface area contributed by atoms with E-state index in [-0.39, 0.29) is 5.82 Å². The van der Waals surface area contributed by atoms with Crippen molar-refractivity contribution in [2.24, 2.45) is 0 Å². The Morgan fingerprint density at radius 2 is 2.00 bits per heavy atom. The Balaban J connectivity index is 2.21. The topological polar surface area (TPSA) is 72.0 Å². The Morgan fingerprint density at radius 1 is 1.16 bits per heavy atom. The van der Waals surface area contributed by atoms with Crippen LogP contribution in [0.15, 0.2) is 54.7 Å². The van der Waals surface area contributed by atoms with E-state index in [4.69, 9.17) is 15.9 Å². The molecule has 126 valence electrons. The predicted octanol–water partition coefficient (Wildman–Crippen LogP) is 4.53. The molecule has 0 radical (unpaired) electrons. The van der Waals surface area contributed by atoms with Crippen molar-refractivity contribution in [1.29, 1.82) is 5.41 Å². The highest BCUT2D eigenvalue weighted by Crippen LogP contribution is 2.34. The van der Waals surface area contributed by atoms with Crippen LogP contribution in [-0.2, 0) is 0 Å². The van der Waals surface area contributed by atoms with Gasteiger partial charge in [-0.1, -0.05) is 18.2 Å². The number of hydrogen-bond acceptors (Lipinski definition) is 4. The molecule has 5 heteroatoms. The zero-order chi connectivity index (χ0) is 17.8. The number of nitrogens with two attached hydrogens (primary N) is 1. The molecule has 0 unspecified atom stereocenters. The number of nitrogens with one attached hydrogen (secondary N) is 1. The zero-order valence-electron chi connectivity index (χ0n) is 13.8. The second-order valence-electron chi connectivity index (χ2n) is 5.50. The van der Waals surface area contributed by atoms with Gasteiger partial charge in [-0.2, -0.15) is 0 Å². The van der Waals surface area contributed by atoms with E-state index in [9.17, 15) is 4.39 Å².